The molecule has 20 heavy (non-hydrogen) atoms. The summed E-state index contributed by atoms with van der Waals surface area (Å²) in [5.74, 6) is 1.51. The van der Waals surface area contributed by atoms with E-state index in [2.05, 4.69) is 0 Å². The lowest BCUT2D eigenvalue weighted by Crippen LogP contribution is -2.05. The van der Waals surface area contributed by atoms with Gasteiger partial charge in [-0.3, -0.25) is 4.79 Å². The molecule has 0 aromatic heterocycles. The van der Waals surface area contributed by atoms with Crippen molar-refractivity contribution < 1.29 is 14.3 Å². The Hall–Kier alpha value is -2.29. The summed E-state index contributed by atoms with van der Waals surface area (Å²) < 4.78 is 11.0. The molecule has 0 spiro atoms. The number of carbonyl (C=O) groups excluding carboxylic acids is 1. The minimum absolute atomic E-state index is 0.0104. The van der Waals surface area contributed by atoms with Crippen LogP contribution in [0.15, 0.2) is 42.5 Å². The first-order valence-corrected chi connectivity index (χ1v) is 6.82. The van der Waals surface area contributed by atoms with E-state index in [4.69, 9.17) is 9.47 Å². The van der Waals surface area contributed by atoms with Crippen molar-refractivity contribution in [3.05, 3.63) is 59.2 Å². The van der Waals surface area contributed by atoms with Crippen molar-refractivity contribution in [1.82, 2.24) is 0 Å². The Balaban J connectivity index is 1.96. The van der Waals surface area contributed by atoms with Gasteiger partial charge in [-0.05, 0) is 42.8 Å². The van der Waals surface area contributed by atoms with Crippen LogP contribution in [0.25, 0.3) is 0 Å². The summed E-state index contributed by atoms with van der Waals surface area (Å²) in [5.41, 5.74) is 2.39. The molecule has 0 bridgehead atoms. The van der Waals surface area contributed by atoms with Crippen LogP contribution in [0.1, 0.15) is 28.4 Å². The zero-order valence-corrected chi connectivity index (χ0v) is 11.4. The second-order valence-electron chi connectivity index (χ2n) is 4.68. The van der Waals surface area contributed by atoms with Crippen molar-refractivity contribution in [2.75, 3.05) is 13.2 Å². The molecule has 0 unspecified atom stereocenters. The van der Waals surface area contributed by atoms with Crippen LogP contribution < -0.4 is 9.47 Å². The van der Waals surface area contributed by atoms with Crippen molar-refractivity contribution in [3.8, 4) is 11.5 Å². The number of hydrogen-bond acceptors (Lipinski definition) is 3. The monoisotopic (exact) mass is 268 g/mol. The molecule has 0 saturated heterocycles. The molecular weight excluding hydrogens is 252 g/mol. The molecule has 0 aliphatic carbocycles. The quantitative estimate of drug-likeness (QED) is 0.798. The highest BCUT2D eigenvalue weighted by molar-refractivity contribution is 6.10. The summed E-state index contributed by atoms with van der Waals surface area (Å²) in [6, 6.07) is 13.0. The molecule has 3 rings (SSSR count). The third-order valence-corrected chi connectivity index (χ3v) is 3.38. The predicted octanol–water partition coefficient (Wildman–Crippen LogP) is 3.25. The lowest BCUT2D eigenvalue weighted by atomic mass is 10.00. The highest BCUT2D eigenvalue weighted by Gasteiger charge is 2.18. The van der Waals surface area contributed by atoms with Gasteiger partial charge in [0.05, 0.1) is 18.8 Å². The largest absolute Gasteiger partial charge is 0.493 e. The third kappa shape index (κ3) is 2.27. The number of benzene rings is 2. The maximum absolute atomic E-state index is 12.6. The maximum atomic E-state index is 12.6. The van der Waals surface area contributed by atoms with Crippen molar-refractivity contribution in [1.29, 1.82) is 0 Å². The Morgan fingerprint density at radius 1 is 1.25 bits per heavy atom. The number of rotatable bonds is 4. The summed E-state index contributed by atoms with van der Waals surface area (Å²) in [7, 11) is 0. The summed E-state index contributed by atoms with van der Waals surface area (Å²) in [6.07, 6.45) is 0.865. The first-order chi connectivity index (χ1) is 9.79. The molecule has 0 saturated carbocycles. The van der Waals surface area contributed by atoms with Gasteiger partial charge in [-0.1, -0.05) is 12.1 Å². The second-order valence-corrected chi connectivity index (χ2v) is 4.68. The number of ketones is 1. The highest BCUT2D eigenvalue weighted by Crippen LogP contribution is 2.28. The van der Waals surface area contributed by atoms with Crippen LogP contribution in [-0.2, 0) is 6.42 Å². The standard InChI is InChI=1S/C17H16O3/c1-2-19-16-6-4-3-5-14(16)17(18)13-7-8-15-12(11-13)9-10-20-15/h3-8,11H,2,9-10H2,1H3. The van der Waals surface area contributed by atoms with Crippen LogP contribution in [0, 0.1) is 0 Å². The Kier molecular flexibility index (Phi) is 3.42. The molecule has 2 aromatic carbocycles. The normalized spacial score (nSPS) is 12.7. The Bertz CT molecular complexity index is 646. The minimum Gasteiger partial charge on any atom is -0.493 e. The Morgan fingerprint density at radius 2 is 2.10 bits per heavy atom. The van der Waals surface area contributed by atoms with Gasteiger partial charge in [0.1, 0.15) is 11.5 Å². The summed E-state index contributed by atoms with van der Waals surface area (Å²) >= 11 is 0. The fraction of sp³-hybridized carbons (Fsp3) is 0.235. The first-order valence-electron chi connectivity index (χ1n) is 6.82. The molecule has 0 atom stereocenters. The molecule has 2 aromatic rings. The highest BCUT2D eigenvalue weighted by atomic mass is 16.5. The van der Waals surface area contributed by atoms with Crippen molar-refractivity contribution in [2.45, 2.75) is 13.3 Å². The smallest absolute Gasteiger partial charge is 0.196 e. The predicted molar refractivity (Wildman–Crippen MR) is 76.7 cm³/mol. The Morgan fingerprint density at radius 3 is 2.95 bits per heavy atom. The molecule has 0 amide bonds. The van der Waals surface area contributed by atoms with E-state index < -0.39 is 0 Å². The van der Waals surface area contributed by atoms with Crippen LogP contribution in [0.3, 0.4) is 0 Å². The molecule has 3 heteroatoms. The van der Waals surface area contributed by atoms with E-state index in [0.29, 0.717) is 30.1 Å². The average molecular weight is 268 g/mol. The van der Waals surface area contributed by atoms with E-state index in [9.17, 15) is 4.79 Å². The molecule has 0 fully saturated rings. The maximum Gasteiger partial charge on any atom is 0.196 e. The molecule has 1 aliphatic heterocycles. The molecule has 0 N–H and O–H groups in total. The van der Waals surface area contributed by atoms with Gasteiger partial charge < -0.3 is 9.47 Å². The topological polar surface area (TPSA) is 35.5 Å². The fourth-order valence-electron chi connectivity index (χ4n) is 2.42. The van der Waals surface area contributed by atoms with Crippen LogP contribution in [0.4, 0.5) is 0 Å². The zero-order valence-electron chi connectivity index (χ0n) is 11.4. The molecule has 1 aliphatic rings. The minimum atomic E-state index is -0.0104. The Labute approximate surface area is 118 Å². The van der Waals surface area contributed by atoms with Gasteiger partial charge in [0.2, 0.25) is 0 Å². The van der Waals surface area contributed by atoms with Gasteiger partial charge in [0.25, 0.3) is 0 Å². The van der Waals surface area contributed by atoms with E-state index in [1.54, 1.807) is 6.07 Å². The molecular formula is C17H16O3. The fourth-order valence-corrected chi connectivity index (χ4v) is 2.42. The number of carbonyl (C=O) groups is 1. The van der Waals surface area contributed by atoms with Crippen molar-refractivity contribution in [2.24, 2.45) is 0 Å². The summed E-state index contributed by atoms with van der Waals surface area (Å²) in [5, 5.41) is 0. The molecule has 3 nitrogen and oxygen atoms in total. The SMILES string of the molecule is CCOc1ccccc1C(=O)c1ccc2c(c1)CCO2. The first kappa shape index (κ1) is 12.7. The molecule has 0 radical (unpaired) electrons. The van der Waals surface area contributed by atoms with Gasteiger partial charge in [0, 0.05) is 12.0 Å². The van der Waals surface area contributed by atoms with E-state index >= 15 is 0 Å². The van der Waals surface area contributed by atoms with E-state index in [1.807, 2.05) is 43.3 Å². The third-order valence-electron chi connectivity index (χ3n) is 3.38. The van der Waals surface area contributed by atoms with Gasteiger partial charge in [0.15, 0.2) is 5.78 Å². The lowest BCUT2D eigenvalue weighted by Gasteiger charge is -2.09. The summed E-state index contributed by atoms with van der Waals surface area (Å²) in [6.45, 7) is 3.15. The average Bonchev–Trinajstić information content (AvgIpc) is 2.95. The number of hydrogen-bond donors (Lipinski definition) is 0. The van der Waals surface area contributed by atoms with E-state index in [0.717, 1.165) is 17.7 Å². The lowest BCUT2D eigenvalue weighted by molar-refractivity contribution is 0.103. The number of fused-ring (bicyclic) bond motifs is 1. The van der Waals surface area contributed by atoms with E-state index in [1.165, 1.54) is 0 Å². The van der Waals surface area contributed by atoms with Gasteiger partial charge in [-0.2, -0.15) is 0 Å². The van der Waals surface area contributed by atoms with Gasteiger partial charge in [-0.25, -0.2) is 0 Å². The van der Waals surface area contributed by atoms with E-state index in [-0.39, 0.29) is 5.78 Å². The van der Waals surface area contributed by atoms with Crippen LogP contribution in [-0.4, -0.2) is 19.0 Å². The zero-order chi connectivity index (χ0) is 13.9. The summed E-state index contributed by atoms with van der Waals surface area (Å²) in [4.78, 5) is 12.6. The molecule has 102 valence electrons. The van der Waals surface area contributed by atoms with Gasteiger partial charge in [-0.15, -0.1) is 0 Å². The van der Waals surface area contributed by atoms with Crippen LogP contribution >= 0.6 is 0 Å². The number of ether oxygens (including phenoxy) is 2. The second kappa shape index (κ2) is 5.37. The van der Waals surface area contributed by atoms with Gasteiger partial charge >= 0.3 is 0 Å². The van der Waals surface area contributed by atoms with Crippen LogP contribution in [0.5, 0.6) is 11.5 Å². The number of para-hydroxylation sites is 1. The van der Waals surface area contributed by atoms with Crippen LogP contribution in [0.2, 0.25) is 0 Å². The molecule has 1 heterocycles. The van der Waals surface area contributed by atoms with Crippen molar-refractivity contribution in [3.63, 3.8) is 0 Å². The van der Waals surface area contributed by atoms with Crippen molar-refractivity contribution >= 4 is 5.78 Å².